The minimum absolute atomic E-state index is 0.253. The lowest BCUT2D eigenvalue weighted by Crippen LogP contribution is -2.12. The van der Waals surface area contributed by atoms with Crippen molar-refractivity contribution in [2.24, 2.45) is 0 Å². The molecule has 0 unspecified atom stereocenters. The molecule has 5 heteroatoms. The van der Waals surface area contributed by atoms with E-state index >= 15 is 0 Å². The zero-order valence-electron chi connectivity index (χ0n) is 10.00. The summed E-state index contributed by atoms with van der Waals surface area (Å²) < 4.78 is 27.0. The van der Waals surface area contributed by atoms with Gasteiger partial charge in [-0.15, -0.1) is 0 Å². The van der Waals surface area contributed by atoms with Crippen LogP contribution in [0.4, 0.5) is 5.69 Å². The number of aromatic nitrogens is 1. The fraction of sp³-hybridized carbons (Fsp3) is 0. The lowest BCUT2D eigenvalue weighted by Gasteiger charge is -2.07. The molecule has 0 spiro atoms. The van der Waals surface area contributed by atoms with Crippen LogP contribution in [-0.4, -0.2) is 13.4 Å². The average molecular weight is 272 g/mol. The second-order valence-electron chi connectivity index (χ2n) is 4.20. The first-order chi connectivity index (χ1) is 9.15. The van der Waals surface area contributed by atoms with E-state index in [1.54, 1.807) is 48.7 Å². The van der Waals surface area contributed by atoms with E-state index in [2.05, 4.69) is 9.71 Å². The number of para-hydroxylation sites is 1. The largest absolute Gasteiger partial charge is 0.361 e. The highest BCUT2D eigenvalue weighted by molar-refractivity contribution is 7.92. The number of nitrogens with one attached hydrogen (secondary N) is 2. The van der Waals surface area contributed by atoms with E-state index in [0.29, 0.717) is 5.69 Å². The molecule has 0 amide bonds. The van der Waals surface area contributed by atoms with Gasteiger partial charge in [0.15, 0.2) is 0 Å². The fourth-order valence-electron chi connectivity index (χ4n) is 1.92. The third-order valence-corrected chi connectivity index (χ3v) is 4.24. The topological polar surface area (TPSA) is 62.0 Å². The Hall–Kier alpha value is -2.27. The average Bonchev–Trinajstić information content (AvgIpc) is 2.86. The van der Waals surface area contributed by atoms with Gasteiger partial charge in [0.1, 0.15) is 0 Å². The van der Waals surface area contributed by atoms with E-state index in [-0.39, 0.29) is 4.90 Å². The molecule has 0 aliphatic rings. The smallest absolute Gasteiger partial charge is 0.261 e. The predicted molar refractivity (Wildman–Crippen MR) is 75.5 cm³/mol. The van der Waals surface area contributed by atoms with Crippen molar-refractivity contribution in [1.29, 1.82) is 0 Å². The van der Waals surface area contributed by atoms with Crippen LogP contribution in [0, 0.1) is 0 Å². The molecule has 3 aromatic rings. The molecule has 0 atom stereocenters. The third kappa shape index (κ3) is 2.32. The molecule has 0 saturated carbocycles. The number of anilines is 1. The van der Waals surface area contributed by atoms with Gasteiger partial charge in [-0.2, -0.15) is 0 Å². The van der Waals surface area contributed by atoms with Crippen LogP contribution in [0.15, 0.2) is 65.7 Å². The Balaban J connectivity index is 1.99. The molecular formula is C14H12N2O2S. The maximum Gasteiger partial charge on any atom is 0.261 e. The van der Waals surface area contributed by atoms with Crippen molar-refractivity contribution in [3.05, 3.63) is 60.8 Å². The highest BCUT2D eigenvalue weighted by Crippen LogP contribution is 2.20. The maximum absolute atomic E-state index is 12.2. The van der Waals surface area contributed by atoms with E-state index in [1.807, 2.05) is 12.1 Å². The summed E-state index contributed by atoms with van der Waals surface area (Å²) in [5.41, 5.74) is 1.47. The Morgan fingerprint density at radius 2 is 1.74 bits per heavy atom. The first-order valence-electron chi connectivity index (χ1n) is 5.80. The number of H-pyrrole nitrogens is 1. The number of benzene rings is 2. The van der Waals surface area contributed by atoms with Crippen LogP contribution >= 0.6 is 0 Å². The second kappa shape index (κ2) is 4.44. The summed E-state index contributed by atoms with van der Waals surface area (Å²) in [6, 6.07) is 15.7. The molecule has 0 aliphatic heterocycles. The molecule has 0 saturated heterocycles. The number of aromatic amines is 1. The van der Waals surface area contributed by atoms with Crippen molar-refractivity contribution >= 4 is 26.6 Å². The Labute approximate surface area is 111 Å². The van der Waals surface area contributed by atoms with Gasteiger partial charge < -0.3 is 4.98 Å². The van der Waals surface area contributed by atoms with Crippen LogP contribution in [0.3, 0.4) is 0 Å². The number of sulfonamides is 1. The highest BCUT2D eigenvalue weighted by Gasteiger charge is 2.14. The van der Waals surface area contributed by atoms with Crippen molar-refractivity contribution in [1.82, 2.24) is 4.98 Å². The van der Waals surface area contributed by atoms with E-state index in [4.69, 9.17) is 0 Å². The minimum Gasteiger partial charge on any atom is -0.361 e. The van der Waals surface area contributed by atoms with Gasteiger partial charge in [-0.25, -0.2) is 8.42 Å². The van der Waals surface area contributed by atoms with Gasteiger partial charge in [0.05, 0.1) is 4.90 Å². The molecule has 0 bridgehead atoms. The zero-order valence-corrected chi connectivity index (χ0v) is 10.8. The van der Waals surface area contributed by atoms with Gasteiger partial charge in [0, 0.05) is 22.8 Å². The minimum atomic E-state index is -3.55. The quantitative estimate of drug-likeness (QED) is 0.770. The fourth-order valence-corrected chi connectivity index (χ4v) is 3.01. The summed E-state index contributed by atoms with van der Waals surface area (Å²) in [5.74, 6) is 0. The SMILES string of the molecule is O=S(=O)(Nc1ccccc1)c1ccc2[nH]ccc2c1. The van der Waals surface area contributed by atoms with Crippen LogP contribution in [-0.2, 0) is 10.0 Å². The Morgan fingerprint density at radius 3 is 2.53 bits per heavy atom. The second-order valence-corrected chi connectivity index (χ2v) is 5.88. The van der Waals surface area contributed by atoms with Crippen molar-refractivity contribution in [2.45, 2.75) is 4.90 Å². The number of rotatable bonds is 3. The molecule has 96 valence electrons. The molecule has 1 aromatic heterocycles. The molecule has 2 N–H and O–H groups in total. The monoisotopic (exact) mass is 272 g/mol. The summed E-state index contributed by atoms with van der Waals surface area (Å²) in [4.78, 5) is 3.29. The van der Waals surface area contributed by atoms with E-state index in [0.717, 1.165) is 10.9 Å². The zero-order chi connectivity index (χ0) is 13.3. The third-order valence-electron chi connectivity index (χ3n) is 2.86. The van der Waals surface area contributed by atoms with Gasteiger partial charge in [0.2, 0.25) is 0 Å². The summed E-state index contributed by atoms with van der Waals surface area (Å²) in [6.07, 6.45) is 1.78. The van der Waals surface area contributed by atoms with Crippen LogP contribution in [0.2, 0.25) is 0 Å². The van der Waals surface area contributed by atoms with Gasteiger partial charge in [0.25, 0.3) is 10.0 Å². The molecule has 0 aliphatic carbocycles. The Kier molecular flexibility index (Phi) is 2.76. The number of hydrogen-bond acceptors (Lipinski definition) is 2. The molecule has 1 heterocycles. The van der Waals surface area contributed by atoms with Crippen LogP contribution < -0.4 is 4.72 Å². The van der Waals surface area contributed by atoms with E-state index in [1.165, 1.54) is 0 Å². The maximum atomic E-state index is 12.2. The van der Waals surface area contributed by atoms with Gasteiger partial charge in [-0.3, -0.25) is 4.72 Å². The van der Waals surface area contributed by atoms with Crippen molar-refractivity contribution in [3.8, 4) is 0 Å². The predicted octanol–water partition coefficient (Wildman–Crippen LogP) is 2.97. The highest BCUT2D eigenvalue weighted by atomic mass is 32.2. The van der Waals surface area contributed by atoms with Crippen molar-refractivity contribution in [3.63, 3.8) is 0 Å². The van der Waals surface area contributed by atoms with Crippen LogP contribution in [0.25, 0.3) is 10.9 Å². The van der Waals surface area contributed by atoms with Crippen molar-refractivity contribution in [2.75, 3.05) is 4.72 Å². The summed E-state index contributed by atoms with van der Waals surface area (Å²) in [7, 11) is -3.55. The molecule has 19 heavy (non-hydrogen) atoms. The van der Waals surface area contributed by atoms with Gasteiger partial charge in [-0.05, 0) is 36.4 Å². The first-order valence-corrected chi connectivity index (χ1v) is 7.28. The van der Waals surface area contributed by atoms with Gasteiger partial charge in [-0.1, -0.05) is 18.2 Å². The van der Waals surface area contributed by atoms with E-state index in [9.17, 15) is 8.42 Å². The Bertz CT molecular complexity index is 808. The molecular weight excluding hydrogens is 260 g/mol. The lowest BCUT2D eigenvalue weighted by atomic mass is 10.2. The van der Waals surface area contributed by atoms with Crippen LogP contribution in [0.5, 0.6) is 0 Å². The molecule has 4 nitrogen and oxygen atoms in total. The Morgan fingerprint density at radius 1 is 0.947 bits per heavy atom. The molecule has 2 aromatic carbocycles. The lowest BCUT2D eigenvalue weighted by molar-refractivity contribution is 0.601. The molecule has 3 rings (SSSR count). The first kappa shape index (κ1) is 11.8. The normalized spacial score (nSPS) is 11.6. The number of hydrogen-bond donors (Lipinski definition) is 2. The standard InChI is InChI=1S/C14H12N2O2S/c17-19(18,16-12-4-2-1-3-5-12)13-6-7-14-11(10-13)8-9-15-14/h1-10,15-16H. The summed E-state index contributed by atoms with van der Waals surface area (Å²) in [5, 5.41) is 0.871. The molecule has 0 fully saturated rings. The molecule has 0 radical (unpaired) electrons. The van der Waals surface area contributed by atoms with Crippen molar-refractivity contribution < 1.29 is 8.42 Å². The number of fused-ring (bicyclic) bond motifs is 1. The van der Waals surface area contributed by atoms with Gasteiger partial charge >= 0.3 is 0 Å². The van der Waals surface area contributed by atoms with Crippen LogP contribution in [0.1, 0.15) is 0 Å². The summed E-state index contributed by atoms with van der Waals surface area (Å²) >= 11 is 0. The van der Waals surface area contributed by atoms with E-state index < -0.39 is 10.0 Å². The summed E-state index contributed by atoms with van der Waals surface area (Å²) in [6.45, 7) is 0.